The Bertz CT molecular complexity index is 1090. The summed E-state index contributed by atoms with van der Waals surface area (Å²) >= 11 is 0. The van der Waals surface area contributed by atoms with Crippen molar-refractivity contribution in [1.29, 1.82) is 0 Å². The molecular weight excluding hydrogens is 440 g/mol. The van der Waals surface area contributed by atoms with Gasteiger partial charge >= 0.3 is 11.9 Å². The number of aromatic carboxylic acids is 1. The highest BCUT2D eigenvalue weighted by Gasteiger charge is 2.44. The van der Waals surface area contributed by atoms with Gasteiger partial charge in [-0.1, -0.05) is 33.1 Å². The van der Waals surface area contributed by atoms with Crippen LogP contribution >= 0.6 is 0 Å². The van der Waals surface area contributed by atoms with Crippen LogP contribution in [0.1, 0.15) is 91.1 Å². The predicted octanol–water partition coefficient (Wildman–Crippen LogP) is 5.91. The lowest BCUT2D eigenvalue weighted by Gasteiger charge is -2.24. The second-order valence-electron chi connectivity index (χ2n) is 8.73. The van der Waals surface area contributed by atoms with Crippen molar-refractivity contribution in [1.82, 2.24) is 0 Å². The fourth-order valence-corrected chi connectivity index (χ4v) is 4.37. The number of phenolic OH excluding ortho intramolecular Hbond substituents is 1. The van der Waals surface area contributed by atoms with Gasteiger partial charge in [0, 0.05) is 23.3 Å². The molecule has 1 unspecified atom stereocenters. The van der Waals surface area contributed by atoms with Crippen molar-refractivity contribution >= 4 is 11.9 Å². The lowest BCUT2D eigenvalue weighted by molar-refractivity contribution is -0.00410. The van der Waals surface area contributed by atoms with E-state index >= 15 is 0 Å². The molecule has 3 rings (SSSR count). The Hall–Kier alpha value is -3.42. The van der Waals surface area contributed by atoms with Gasteiger partial charge in [0.15, 0.2) is 11.5 Å². The highest BCUT2D eigenvalue weighted by Crippen LogP contribution is 2.49. The molecule has 184 valence electrons. The van der Waals surface area contributed by atoms with Crippen LogP contribution < -0.4 is 9.47 Å². The largest absolute Gasteiger partial charge is 0.507 e. The fourth-order valence-electron chi connectivity index (χ4n) is 4.37. The number of benzene rings is 2. The zero-order valence-corrected chi connectivity index (χ0v) is 20.1. The number of ether oxygens (including phenoxy) is 3. The van der Waals surface area contributed by atoms with E-state index in [-0.39, 0.29) is 34.6 Å². The van der Waals surface area contributed by atoms with Crippen molar-refractivity contribution in [2.45, 2.75) is 71.3 Å². The van der Waals surface area contributed by atoms with Crippen LogP contribution in [0.5, 0.6) is 28.7 Å². The van der Waals surface area contributed by atoms with Crippen LogP contribution in [-0.2, 0) is 16.8 Å². The summed E-state index contributed by atoms with van der Waals surface area (Å²) in [5, 5.41) is 30.6. The number of fused-ring (bicyclic) bond motifs is 1. The third kappa shape index (κ3) is 4.76. The average molecular weight is 473 g/mol. The van der Waals surface area contributed by atoms with Crippen LogP contribution in [0.2, 0.25) is 0 Å². The fraction of sp³-hybridized carbons (Fsp3) is 0.462. The first-order valence-electron chi connectivity index (χ1n) is 11.6. The number of hydrogen-bond donors (Lipinski definition) is 3. The third-order valence-corrected chi connectivity index (χ3v) is 6.20. The molecule has 0 bridgehead atoms. The predicted molar refractivity (Wildman–Crippen MR) is 125 cm³/mol. The summed E-state index contributed by atoms with van der Waals surface area (Å²) in [6.07, 6.45) is 5.00. The summed E-state index contributed by atoms with van der Waals surface area (Å²) in [7, 11) is 1.49. The monoisotopic (exact) mass is 472 g/mol. The van der Waals surface area contributed by atoms with Gasteiger partial charge in [-0.05, 0) is 38.7 Å². The normalized spacial score (nSPS) is 16.8. The van der Waals surface area contributed by atoms with Crippen LogP contribution in [-0.4, -0.2) is 34.4 Å². The summed E-state index contributed by atoms with van der Waals surface area (Å²) in [6.45, 7) is 5.90. The average Bonchev–Trinajstić information content (AvgIpc) is 3.04. The number of phenols is 2. The van der Waals surface area contributed by atoms with E-state index in [2.05, 4.69) is 6.92 Å². The van der Waals surface area contributed by atoms with E-state index in [0.717, 1.165) is 31.7 Å². The maximum absolute atomic E-state index is 12.9. The van der Waals surface area contributed by atoms with Crippen LogP contribution in [0, 0.1) is 0 Å². The van der Waals surface area contributed by atoms with E-state index in [1.807, 2.05) is 13.8 Å². The number of carboxylic acids is 1. The molecular formula is C26H32O8. The number of hydrogen-bond acceptors (Lipinski definition) is 7. The lowest BCUT2D eigenvalue weighted by Crippen LogP contribution is -2.21. The van der Waals surface area contributed by atoms with Crippen LogP contribution in [0.15, 0.2) is 18.2 Å². The van der Waals surface area contributed by atoms with Gasteiger partial charge < -0.3 is 29.5 Å². The van der Waals surface area contributed by atoms with Gasteiger partial charge in [-0.25, -0.2) is 9.59 Å². The second kappa shape index (κ2) is 10.2. The number of carbonyl (C=O) groups is 2. The Labute approximate surface area is 199 Å². The third-order valence-electron chi connectivity index (χ3n) is 6.20. The summed E-state index contributed by atoms with van der Waals surface area (Å²) < 4.78 is 17.2. The Kier molecular flexibility index (Phi) is 7.59. The van der Waals surface area contributed by atoms with Gasteiger partial charge in [0.05, 0.1) is 7.11 Å². The number of unbranched alkanes of at least 4 members (excludes halogenated alkanes) is 3. The summed E-state index contributed by atoms with van der Waals surface area (Å²) in [4.78, 5) is 24.9. The van der Waals surface area contributed by atoms with Crippen molar-refractivity contribution in [3.8, 4) is 28.7 Å². The molecule has 8 heteroatoms. The molecule has 0 radical (unpaired) electrons. The Morgan fingerprint density at radius 2 is 1.76 bits per heavy atom. The first kappa shape index (κ1) is 25.2. The summed E-state index contributed by atoms with van der Waals surface area (Å²) in [5.41, 5.74) is -0.204. The topological polar surface area (TPSA) is 123 Å². The molecule has 0 amide bonds. The number of aromatic hydroxyl groups is 2. The number of carbonyl (C=O) groups excluding carboxylic acids is 1. The van der Waals surface area contributed by atoms with Crippen molar-refractivity contribution in [3.63, 3.8) is 0 Å². The quantitative estimate of drug-likeness (QED) is 0.273. The minimum absolute atomic E-state index is 0.0913. The number of esters is 1. The van der Waals surface area contributed by atoms with E-state index < -0.39 is 29.0 Å². The first-order valence-corrected chi connectivity index (χ1v) is 11.6. The zero-order chi connectivity index (χ0) is 25.0. The maximum atomic E-state index is 12.9. The SMILES string of the molecule is CCCCCc1c(Oc2cc(OC)cc3c2C(=O)OC3(C)CCCC)c(O)cc(O)c1C(=O)O. The molecule has 1 atom stereocenters. The second-order valence-corrected chi connectivity index (χ2v) is 8.73. The summed E-state index contributed by atoms with van der Waals surface area (Å²) in [5.74, 6) is -2.46. The molecule has 0 aliphatic carbocycles. The minimum Gasteiger partial charge on any atom is -0.507 e. The van der Waals surface area contributed by atoms with Gasteiger partial charge in [-0.2, -0.15) is 0 Å². The molecule has 3 N–H and O–H groups in total. The molecule has 0 saturated carbocycles. The van der Waals surface area contributed by atoms with Gasteiger partial charge in [-0.15, -0.1) is 0 Å². The van der Waals surface area contributed by atoms with E-state index in [1.165, 1.54) is 13.2 Å². The molecule has 1 aliphatic heterocycles. The van der Waals surface area contributed by atoms with Gasteiger partial charge in [0.1, 0.15) is 34.0 Å². The zero-order valence-electron chi connectivity index (χ0n) is 20.1. The highest BCUT2D eigenvalue weighted by atomic mass is 16.6. The molecule has 2 aromatic carbocycles. The smallest absolute Gasteiger partial charge is 0.343 e. The molecule has 34 heavy (non-hydrogen) atoms. The highest BCUT2D eigenvalue weighted by molar-refractivity contribution is 5.98. The van der Waals surface area contributed by atoms with E-state index in [9.17, 15) is 24.9 Å². The Morgan fingerprint density at radius 3 is 2.38 bits per heavy atom. The molecule has 1 aliphatic rings. The van der Waals surface area contributed by atoms with Crippen molar-refractivity contribution in [2.24, 2.45) is 0 Å². The van der Waals surface area contributed by atoms with Crippen molar-refractivity contribution in [3.05, 3.63) is 40.5 Å². The van der Waals surface area contributed by atoms with E-state index in [0.29, 0.717) is 24.2 Å². The molecule has 2 aromatic rings. The van der Waals surface area contributed by atoms with Crippen LogP contribution in [0.25, 0.3) is 0 Å². The standard InChI is InChI=1S/C26H32O8/c1-5-7-9-10-16-21(24(29)30)18(27)14-19(28)23(16)33-20-13-15(32-4)12-17-22(20)25(31)34-26(17,3)11-8-6-2/h12-14,27-28H,5-11H2,1-4H3,(H,29,30). The van der Waals surface area contributed by atoms with Crippen molar-refractivity contribution < 1.29 is 39.1 Å². The maximum Gasteiger partial charge on any atom is 0.343 e. The van der Waals surface area contributed by atoms with Crippen molar-refractivity contribution in [2.75, 3.05) is 7.11 Å². The number of cyclic esters (lactones) is 1. The van der Waals surface area contributed by atoms with E-state index in [4.69, 9.17) is 14.2 Å². The molecule has 0 fully saturated rings. The number of methoxy groups -OCH3 is 1. The van der Waals surface area contributed by atoms with Crippen LogP contribution in [0.3, 0.4) is 0 Å². The van der Waals surface area contributed by atoms with Gasteiger partial charge in [0.2, 0.25) is 0 Å². The Morgan fingerprint density at radius 1 is 1.06 bits per heavy atom. The number of rotatable bonds is 11. The number of carboxylic acid groups (broad SMARTS) is 1. The first-order chi connectivity index (χ1) is 16.2. The molecule has 8 nitrogen and oxygen atoms in total. The summed E-state index contributed by atoms with van der Waals surface area (Å²) in [6, 6.07) is 4.19. The van der Waals surface area contributed by atoms with E-state index in [1.54, 1.807) is 6.07 Å². The van der Waals surface area contributed by atoms with Gasteiger partial charge in [0.25, 0.3) is 0 Å². The Balaban J connectivity index is 2.17. The lowest BCUT2D eigenvalue weighted by atomic mass is 9.89. The minimum atomic E-state index is -1.34. The van der Waals surface area contributed by atoms with Crippen LogP contribution in [0.4, 0.5) is 0 Å². The molecule has 1 heterocycles. The van der Waals surface area contributed by atoms with Gasteiger partial charge in [-0.3, -0.25) is 0 Å². The molecule has 0 aromatic heterocycles. The molecule has 0 spiro atoms. The molecule has 0 saturated heterocycles.